The van der Waals surface area contributed by atoms with Crippen molar-refractivity contribution in [1.29, 1.82) is 0 Å². The number of aryl methyl sites for hydroxylation is 2. The summed E-state index contributed by atoms with van der Waals surface area (Å²) in [6.07, 6.45) is 0. The van der Waals surface area contributed by atoms with E-state index in [9.17, 15) is 4.79 Å². The summed E-state index contributed by atoms with van der Waals surface area (Å²) in [4.78, 5) is 22.3. The number of carbonyl (C=O) groups is 1. The molecule has 3 rings (SSSR count). The summed E-state index contributed by atoms with van der Waals surface area (Å²) in [5, 5.41) is 0.770. The summed E-state index contributed by atoms with van der Waals surface area (Å²) in [7, 11) is 0. The molecule has 0 saturated heterocycles. The molecule has 0 radical (unpaired) electrons. The number of amides is 1. The van der Waals surface area contributed by atoms with E-state index >= 15 is 0 Å². The Morgan fingerprint density at radius 3 is 2.36 bits per heavy atom. The highest BCUT2D eigenvalue weighted by Gasteiger charge is 2.22. The second-order valence-corrected chi connectivity index (χ2v) is 7.76. The van der Waals surface area contributed by atoms with Gasteiger partial charge in [0.2, 0.25) is 0 Å². The number of hydrogen-bond acceptors (Lipinski definition) is 4. The summed E-state index contributed by atoms with van der Waals surface area (Å²) in [5.41, 5.74) is 3.99. The molecule has 0 spiro atoms. The lowest BCUT2D eigenvalue weighted by Gasteiger charge is -2.25. The van der Waals surface area contributed by atoms with Crippen LogP contribution in [-0.2, 0) is 0 Å². The number of carbonyl (C=O) groups excluding carboxylic acids is 1. The molecule has 28 heavy (non-hydrogen) atoms. The van der Waals surface area contributed by atoms with Crippen LogP contribution >= 0.6 is 23.7 Å². The number of fused-ring (bicyclic) bond motifs is 1. The molecule has 0 atom stereocenters. The number of nitrogens with zero attached hydrogens (tertiary/aromatic N) is 3. The monoisotopic (exact) mass is 417 g/mol. The van der Waals surface area contributed by atoms with Gasteiger partial charge in [-0.2, -0.15) is 0 Å². The van der Waals surface area contributed by atoms with Gasteiger partial charge in [-0.3, -0.25) is 9.69 Å². The van der Waals surface area contributed by atoms with Gasteiger partial charge in [0.15, 0.2) is 5.13 Å². The van der Waals surface area contributed by atoms with Crippen LogP contribution in [-0.4, -0.2) is 42.0 Å². The van der Waals surface area contributed by atoms with Gasteiger partial charge in [0, 0.05) is 18.7 Å². The molecule has 4 nitrogen and oxygen atoms in total. The SMILES string of the molecule is CCN(CC)CCN(C(=O)c1ccc(C)c(C)c1)c1nc2ccccc2s1.Cl. The van der Waals surface area contributed by atoms with Gasteiger partial charge in [0.1, 0.15) is 0 Å². The van der Waals surface area contributed by atoms with Crippen molar-refractivity contribution in [3.63, 3.8) is 0 Å². The Hall–Kier alpha value is -1.95. The Labute approximate surface area is 177 Å². The summed E-state index contributed by atoms with van der Waals surface area (Å²) in [5.74, 6) is 0.0179. The highest BCUT2D eigenvalue weighted by molar-refractivity contribution is 7.22. The molecule has 0 saturated carbocycles. The number of anilines is 1. The van der Waals surface area contributed by atoms with Gasteiger partial charge in [-0.15, -0.1) is 12.4 Å². The van der Waals surface area contributed by atoms with Gasteiger partial charge in [0.05, 0.1) is 10.2 Å². The first kappa shape index (κ1) is 22.3. The number of halogens is 1. The molecule has 0 aliphatic carbocycles. The average Bonchev–Trinajstić information content (AvgIpc) is 3.11. The van der Waals surface area contributed by atoms with Crippen LogP contribution in [0.3, 0.4) is 0 Å². The first-order chi connectivity index (χ1) is 13.0. The Kier molecular flexibility index (Phi) is 7.98. The van der Waals surface area contributed by atoms with Gasteiger partial charge >= 0.3 is 0 Å². The summed E-state index contributed by atoms with van der Waals surface area (Å²) >= 11 is 1.58. The lowest BCUT2D eigenvalue weighted by Crippen LogP contribution is -2.38. The molecule has 1 aromatic heterocycles. The molecule has 0 aliphatic rings. The van der Waals surface area contributed by atoms with Crippen LogP contribution in [0.5, 0.6) is 0 Å². The summed E-state index contributed by atoms with van der Waals surface area (Å²) in [6, 6.07) is 14.0. The Morgan fingerprint density at radius 1 is 1.00 bits per heavy atom. The van der Waals surface area contributed by atoms with Gasteiger partial charge in [0.25, 0.3) is 5.91 Å². The Morgan fingerprint density at radius 2 is 1.71 bits per heavy atom. The van der Waals surface area contributed by atoms with Crippen LogP contribution in [0.25, 0.3) is 10.2 Å². The standard InChI is InChI=1S/C22H27N3OS.ClH/c1-5-24(6-2)13-14-25(21(26)18-12-11-16(3)17(4)15-18)22-23-19-9-7-8-10-20(19)27-22;/h7-12,15H,5-6,13-14H2,1-4H3;1H. The van der Waals surface area contributed by atoms with Crippen LogP contribution in [0.1, 0.15) is 35.3 Å². The van der Waals surface area contributed by atoms with E-state index in [1.807, 2.05) is 48.2 Å². The molecule has 2 aromatic carbocycles. The predicted molar refractivity (Wildman–Crippen MR) is 122 cm³/mol. The first-order valence-corrected chi connectivity index (χ1v) is 10.3. The number of benzene rings is 2. The van der Waals surface area contributed by atoms with E-state index in [2.05, 4.69) is 31.7 Å². The van der Waals surface area contributed by atoms with E-state index in [1.165, 1.54) is 5.56 Å². The zero-order valence-electron chi connectivity index (χ0n) is 16.9. The Bertz CT molecular complexity index is 903. The van der Waals surface area contributed by atoms with Gasteiger partial charge in [-0.1, -0.05) is 43.4 Å². The average molecular weight is 418 g/mol. The minimum atomic E-state index is 0. The smallest absolute Gasteiger partial charge is 0.260 e. The number of likely N-dealkylation sites (N-methyl/N-ethyl adjacent to an activating group) is 1. The third-order valence-corrected chi connectivity index (χ3v) is 6.11. The Balaban J connectivity index is 0.00000280. The van der Waals surface area contributed by atoms with E-state index in [-0.39, 0.29) is 18.3 Å². The minimum Gasteiger partial charge on any atom is -0.302 e. The van der Waals surface area contributed by atoms with Crippen molar-refractivity contribution in [3.05, 3.63) is 59.2 Å². The third kappa shape index (κ3) is 4.90. The first-order valence-electron chi connectivity index (χ1n) is 9.50. The number of aromatic nitrogens is 1. The molecule has 6 heteroatoms. The van der Waals surface area contributed by atoms with Crippen LogP contribution < -0.4 is 4.90 Å². The zero-order chi connectivity index (χ0) is 19.4. The van der Waals surface area contributed by atoms with Crippen molar-refractivity contribution in [1.82, 2.24) is 9.88 Å². The van der Waals surface area contributed by atoms with Gasteiger partial charge in [-0.05, 0) is 62.3 Å². The van der Waals surface area contributed by atoms with Gasteiger partial charge < -0.3 is 4.90 Å². The van der Waals surface area contributed by atoms with Crippen LogP contribution in [0.2, 0.25) is 0 Å². The number of rotatable bonds is 7. The lowest BCUT2D eigenvalue weighted by molar-refractivity contribution is 0.0983. The van der Waals surface area contributed by atoms with E-state index in [0.29, 0.717) is 6.54 Å². The number of thiazole rings is 1. The molecular formula is C22H28ClN3OS. The maximum absolute atomic E-state index is 13.3. The molecule has 0 unspecified atom stereocenters. The largest absolute Gasteiger partial charge is 0.302 e. The van der Waals surface area contributed by atoms with Crippen LogP contribution in [0.4, 0.5) is 5.13 Å². The summed E-state index contributed by atoms with van der Waals surface area (Å²) in [6.45, 7) is 11.8. The predicted octanol–water partition coefficient (Wildman–Crippen LogP) is 5.32. The fourth-order valence-corrected chi connectivity index (χ4v) is 4.06. The van der Waals surface area contributed by atoms with Crippen LogP contribution in [0.15, 0.2) is 42.5 Å². The second kappa shape index (κ2) is 10.0. The van der Waals surface area contributed by atoms with Crippen molar-refractivity contribution in [2.45, 2.75) is 27.7 Å². The molecule has 1 amide bonds. The second-order valence-electron chi connectivity index (χ2n) is 6.75. The molecule has 0 N–H and O–H groups in total. The van der Waals surface area contributed by atoms with Crippen molar-refractivity contribution < 1.29 is 4.79 Å². The van der Waals surface area contributed by atoms with Crippen molar-refractivity contribution >= 4 is 45.0 Å². The third-order valence-electron chi connectivity index (χ3n) is 5.05. The topological polar surface area (TPSA) is 36.4 Å². The number of hydrogen-bond donors (Lipinski definition) is 0. The maximum Gasteiger partial charge on any atom is 0.260 e. The quantitative estimate of drug-likeness (QED) is 0.521. The van der Waals surface area contributed by atoms with E-state index in [4.69, 9.17) is 4.98 Å². The van der Waals surface area contributed by atoms with Gasteiger partial charge in [-0.25, -0.2) is 4.98 Å². The lowest BCUT2D eigenvalue weighted by atomic mass is 10.1. The molecular weight excluding hydrogens is 390 g/mol. The highest BCUT2D eigenvalue weighted by Crippen LogP contribution is 2.29. The molecule has 0 aliphatic heterocycles. The molecule has 1 heterocycles. The fraction of sp³-hybridized carbons (Fsp3) is 0.364. The van der Waals surface area contributed by atoms with Crippen molar-refractivity contribution in [2.75, 3.05) is 31.1 Å². The van der Waals surface area contributed by atoms with Crippen molar-refractivity contribution in [2.24, 2.45) is 0 Å². The molecule has 0 bridgehead atoms. The number of para-hydroxylation sites is 1. The summed E-state index contributed by atoms with van der Waals surface area (Å²) < 4.78 is 1.10. The van der Waals surface area contributed by atoms with Crippen LogP contribution in [0, 0.1) is 13.8 Å². The minimum absolute atomic E-state index is 0. The van der Waals surface area contributed by atoms with E-state index in [0.717, 1.165) is 46.1 Å². The molecule has 0 fully saturated rings. The zero-order valence-corrected chi connectivity index (χ0v) is 18.6. The highest BCUT2D eigenvalue weighted by atomic mass is 35.5. The molecule has 3 aromatic rings. The van der Waals surface area contributed by atoms with Crippen molar-refractivity contribution in [3.8, 4) is 0 Å². The molecule has 150 valence electrons. The normalized spacial score (nSPS) is 10.9. The maximum atomic E-state index is 13.3. The van der Waals surface area contributed by atoms with E-state index in [1.54, 1.807) is 11.3 Å². The fourth-order valence-electron chi connectivity index (χ4n) is 3.07. The van der Waals surface area contributed by atoms with E-state index < -0.39 is 0 Å².